The summed E-state index contributed by atoms with van der Waals surface area (Å²) in [5, 5.41) is 2.04. The average Bonchev–Trinajstić information content (AvgIpc) is 3.18. The molecule has 2 aromatic heterocycles. The van der Waals surface area contributed by atoms with E-state index in [0.29, 0.717) is 40.6 Å². The average molecular weight is 452 g/mol. The molecule has 0 spiro atoms. The third-order valence-electron chi connectivity index (χ3n) is 5.12. The Morgan fingerprint density at radius 1 is 1.00 bits per heavy atom. The molecule has 3 heterocycles. The van der Waals surface area contributed by atoms with Crippen LogP contribution in [0.3, 0.4) is 0 Å². The fourth-order valence-corrected chi connectivity index (χ4v) is 4.33. The van der Waals surface area contributed by atoms with Gasteiger partial charge in [-0.05, 0) is 54.1 Å². The second kappa shape index (κ2) is 7.30. The summed E-state index contributed by atoms with van der Waals surface area (Å²) in [4.78, 5) is 4.52. The second-order valence-electron chi connectivity index (χ2n) is 6.78. The SMILES string of the molecule is CC.COc1ccc2c(c1)c1ncc3n1c1c(cc(OS(=O)(=O)C(F)(F)F)cc21)CC3. The van der Waals surface area contributed by atoms with Crippen LogP contribution in [0.25, 0.3) is 27.3 Å². The van der Waals surface area contributed by atoms with Crippen molar-refractivity contribution in [2.24, 2.45) is 0 Å². The summed E-state index contributed by atoms with van der Waals surface area (Å²) in [5.41, 5.74) is -2.34. The Kier molecular flexibility index (Phi) is 5.00. The maximum atomic E-state index is 12.8. The van der Waals surface area contributed by atoms with Crippen LogP contribution >= 0.6 is 0 Å². The van der Waals surface area contributed by atoms with Crippen molar-refractivity contribution >= 4 is 37.4 Å². The number of hydrogen-bond acceptors (Lipinski definition) is 5. The van der Waals surface area contributed by atoms with Crippen LogP contribution in [-0.2, 0) is 23.0 Å². The Morgan fingerprint density at radius 2 is 1.71 bits per heavy atom. The van der Waals surface area contributed by atoms with E-state index < -0.39 is 15.6 Å². The van der Waals surface area contributed by atoms with Gasteiger partial charge in [-0.2, -0.15) is 21.6 Å². The molecule has 2 aromatic carbocycles. The van der Waals surface area contributed by atoms with Gasteiger partial charge in [-0.25, -0.2) is 4.98 Å². The zero-order valence-corrected chi connectivity index (χ0v) is 17.8. The van der Waals surface area contributed by atoms with Crippen LogP contribution in [0, 0.1) is 0 Å². The molecule has 0 N–H and O–H groups in total. The lowest BCUT2D eigenvalue weighted by Gasteiger charge is -2.20. The Hall–Kier alpha value is -3.01. The normalized spacial score (nSPS) is 13.5. The first-order chi connectivity index (χ1) is 14.7. The van der Waals surface area contributed by atoms with Crippen molar-refractivity contribution in [2.45, 2.75) is 32.2 Å². The van der Waals surface area contributed by atoms with Crippen LogP contribution in [0.2, 0.25) is 0 Å². The van der Waals surface area contributed by atoms with E-state index in [9.17, 15) is 21.6 Å². The highest BCUT2D eigenvalue weighted by atomic mass is 32.2. The maximum absolute atomic E-state index is 12.8. The van der Waals surface area contributed by atoms with E-state index in [4.69, 9.17) is 4.74 Å². The first-order valence-corrected chi connectivity index (χ1v) is 11.0. The zero-order valence-electron chi connectivity index (χ0n) is 16.9. The molecule has 5 rings (SSSR count). The van der Waals surface area contributed by atoms with Gasteiger partial charge >= 0.3 is 15.6 Å². The molecule has 0 atom stereocenters. The highest BCUT2D eigenvalue weighted by molar-refractivity contribution is 7.88. The Morgan fingerprint density at radius 3 is 2.39 bits per heavy atom. The minimum atomic E-state index is -5.76. The predicted octanol–water partition coefficient (Wildman–Crippen LogP) is 5.00. The van der Waals surface area contributed by atoms with Crippen LogP contribution in [0.5, 0.6) is 11.5 Å². The summed E-state index contributed by atoms with van der Waals surface area (Å²) >= 11 is 0. The van der Waals surface area contributed by atoms with Crippen molar-refractivity contribution in [1.29, 1.82) is 0 Å². The van der Waals surface area contributed by atoms with Crippen molar-refractivity contribution in [2.75, 3.05) is 7.11 Å². The molecule has 0 saturated heterocycles. The molecule has 10 heteroatoms. The zero-order chi connectivity index (χ0) is 22.6. The fourth-order valence-electron chi connectivity index (χ4n) is 3.88. The number of hydrogen-bond donors (Lipinski definition) is 0. The molecule has 0 amide bonds. The number of benzene rings is 2. The number of rotatable bonds is 3. The van der Waals surface area contributed by atoms with Crippen molar-refractivity contribution in [3.05, 3.63) is 47.8 Å². The number of ether oxygens (including phenoxy) is 1. The van der Waals surface area contributed by atoms with E-state index in [-0.39, 0.29) is 5.75 Å². The van der Waals surface area contributed by atoms with Gasteiger partial charge < -0.3 is 8.92 Å². The lowest BCUT2D eigenvalue weighted by atomic mass is 9.97. The lowest BCUT2D eigenvalue weighted by molar-refractivity contribution is -0.0500. The largest absolute Gasteiger partial charge is 0.534 e. The van der Waals surface area contributed by atoms with E-state index in [0.717, 1.165) is 16.6 Å². The predicted molar refractivity (Wildman–Crippen MR) is 111 cm³/mol. The van der Waals surface area contributed by atoms with Crippen LogP contribution in [-0.4, -0.2) is 30.4 Å². The van der Waals surface area contributed by atoms with E-state index >= 15 is 0 Å². The molecule has 0 unspecified atom stereocenters. The molecule has 0 bridgehead atoms. The van der Waals surface area contributed by atoms with Gasteiger partial charge in [0.2, 0.25) is 0 Å². The van der Waals surface area contributed by atoms with Gasteiger partial charge in [-0.3, -0.25) is 4.40 Å². The molecule has 164 valence electrons. The highest BCUT2D eigenvalue weighted by Crippen LogP contribution is 2.39. The van der Waals surface area contributed by atoms with Crippen LogP contribution < -0.4 is 8.92 Å². The van der Waals surface area contributed by atoms with E-state index in [1.807, 2.05) is 18.2 Å². The summed E-state index contributed by atoms with van der Waals surface area (Å²) in [6.07, 6.45) is 2.92. The van der Waals surface area contributed by atoms with Gasteiger partial charge in [-0.1, -0.05) is 13.8 Å². The van der Waals surface area contributed by atoms with Gasteiger partial charge in [0, 0.05) is 22.7 Å². The first kappa shape index (κ1) is 21.2. The topological polar surface area (TPSA) is 69.9 Å². The van der Waals surface area contributed by atoms with Crippen molar-refractivity contribution in [3.63, 3.8) is 0 Å². The smallest absolute Gasteiger partial charge is 0.497 e. The van der Waals surface area contributed by atoms with Gasteiger partial charge in [0.1, 0.15) is 17.1 Å². The molecule has 1 aliphatic rings. The monoisotopic (exact) mass is 452 g/mol. The van der Waals surface area contributed by atoms with Crippen LogP contribution in [0.4, 0.5) is 13.2 Å². The van der Waals surface area contributed by atoms with Gasteiger partial charge in [0.05, 0.1) is 12.6 Å². The number of alkyl halides is 3. The summed E-state index contributed by atoms with van der Waals surface area (Å²) in [6.45, 7) is 4.00. The van der Waals surface area contributed by atoms with Gasteiger partial charge in [0.15, 0.2) is 0 Å². The first-order valence-electron chi connectivity index (χ1n) is 9.63. The Bertz CT molecular complexity index is 1430. The minimum absolute atomic E-state index is 0.371. The van der Waals surface area contributed by atoms with E-state index in [2.05, 4.69) is 9.17 Å². The quantitative estimate of drug-likeness (QED) is 0.249. The molecular formula is C21H19F3N2O4S. The maximum Gasteiger partial charge on any atom is 0.534 e. The number of imidazole rings is 1. The number of methoxy groups -OCH3 is 1. The molecule has 0 aliphatic carbocycles. The second-order valence-corrected chi connectivity index (χ2v) is 8.32. The van der Waals surface area contributed by atoms with Gasteiger partial charge in [0.25, 0.3) is 0 Å². The van der Waals surface area contributed by atoms with Gasteiger partial charge in [-0.15, -0.1) is 0 Å². The van der Waals surface area contributed by atoms with Crippen molar-refractivity contribution < 1.29 is 30.5 Å². The number of nitrogens with zero attached hydrogens (tertiary/aromatic N) is 2. The summed E-state index contributed by atoms with van der Waals surface area (Å²) in [7, 11) is -4.23. The highest BCUT2D eigenvalue weighted by Gasteiger charge is 2.48. The molecule has 0 saturated carbocycles. The number of halogens is 3. The van der Waals surface area contributed by atoms with Crippen LogP contribution in [0.15, 0.2) is 36.5 Å². The van der Waals surface area contributed by atoms with E-state index in [1.54, 1.807) is 24.4 Å². The Labute approximate surface area is 176 Å². The summed E-state index contributed by atoms with van der Waals surface area (Å²) in [5.74, 6) is 0.234. The molecular weight excluding hydrogens is 433 g/mol. The Balaban J connectivity index is 0.00000112. The fraction of sp³-hybridized carbons (Fsp3) is 0.286. The number of fused-ring (bicyclic) bond motifs is 3. The molecule has 31 heavy (non-hydrogen) atoms. The standard InChI is InChI=1S/C19H13F3N2O4S.C2H6/c1-27-12-4-5-14-15-8-13(28-29(25,26)19(20,21)22)6-10-2-3-11-9-23-18(16(14)7-12)24(11)17(10)15;1-2/h4-9H,2-3H2,1H3;1-2H3. The number of aryl methyl sites for hydroxylation is 2. The molecule has 1 aliphatic heterocycles. The third-order valence-corrected chi connectivity index (χ3v) is 6.10. The molecule has 0 radical (unpaired) electrons. The molecule has 4 aromatic rings. The minimum Gasteiger partial charge on any atom is -0.497 e. The van der Waals surface area contributed by atoms with Crippen LogP contribution in [0.1, 0.15) is 25.1 Å². The number of aromatic nitrogens is 2. The van der Waals surface area contributed by atoms with Crippen molar-refractivity contribution in [1.82, 2.24) is 9.38 Å². The lowest BCUT2D eigenvalue weighted by Crippen LogP contribution is -2.28. The van der Waals surface area contributed by atoms with E-state index in [1.165, 1.54) is 19.2 Å². The van der Waals surface area contributed by atoms with Crippen molar-refractivity contribution in [3.8, 4) is 11.5 Å². The summed E-state index contributed by atoms with van der Waals surface area (Å²) < 4.78 is 73.1. The summed E-state index contributed by atoms with van der Waals surface area (Å²) in [6, 6.07) is 7.98. The third kappa shape index (κ3) is 3.25. The molecule has 6 nitrogen and oxygen atoms in total. The molecule has 0 fully saturated rings. The number of pyridine rings is 1.